The third-order valence-corrected chi connectivity index (χ3v) is 3.30. The van der Waals surface area contributed by atoms with E-state index in [4.69, 9.17) is 14.6 Å². The number of morpholine rings is 1. The zero-order chi connectivity index (χ0) is 15.9. The van der Waals surface area contributed by atoms with Crippen LogP contribution in [0, 0.1) is 0 Å². The number of hydrogen-bond acceptors (Lipinski definition) is 4. The average Bonchev–Trinajstić information content (AvgIpc) is 2.52. The maximum Gasteiger partial charge on any atom is 0.306 e. The number of carboxylic acids is 1. The van der Waals surface area contributed by atoms with Crippen molar-refractivity contribution in [3.63, 3.8) is 0 Å². The Hall–Kier alpha value is -2.34. The molecular formula is C16H19NO5. The summed E-state index contributed by atoms with van der Waals surface area (Å²) in [6.07, 6.45) is 1.10. The highest BCUT2D eigenvalue weighted by atomic mass is 16.5. The van der Waals surface area contributed by atoms with E-state index in [0.717, 1.165) is 0 Å². The molecule has 1 saturated heterocycles. The van der Waals surface area contributed by atoms with Crippen LogP contribution in [0.4, 0.5) is 0 Å². The zero-order valence-corrected chi connectivity index (χ0v) is 12.2. The van der Waals surface area contributed by atoms with Gasteiger partial charge in [0.25, 0.3) is 5.91 Å². The van der Waals surface area contributed by atoms with Gasteiger partial charge in [0.1, 0.15) is 12.4 Å². The quantitative estimate of drug-likeness (QED) is 0.807. The Morgan fingerprint density at radius 1 is 1.41 bits per heavy atom. The van der Waals surface area contributed by atoms with Crippen molar-refractivity contribution >= 4 is 11.9 Å². The summed E-state index contributed by atoms with van der Waals surface area (Å²) in [5.74, 6) is -0.390. The molecule has 1 fully saturated rings. The van der Waals surface area contributed by atoms with Gasteiger partial charge in [-0.05, 0) is 24.3 Å². The molecule has 6 nitrogen and oxygen atoms in total. The summed E-state index contributed by atoms with van der Waals surface area (Å²) in [4.78, 5) is 24.8. The van der Waals surface area contributed by atoms with Gasteiger partial charge in [-0.2, -0.15) is 0 Å². The summed E-state index contributed by atoms with van der Waals surface area (Å²) in [7, 11) is 0. The van der Waals surface area contributed by atoms with E-state index in [1.807, 2.05) is 0 Å². The Morgan fingerprint density at radius 3 is 2.77 bits per heavy atom. The standard InChI is InChI=1S/C16H19NO5/c1-2-8-21-13-5-3-12(4-6-13)16(20)17-7-9-22-14(11-17)10-15(18)19/h2-6,14H,1,7-11H2,(H,18,19). The number of hydrogen-bond donors (Lipinski definition) is 1. The first kappa shape index (κ1) is 16.0. The molecule has 22 heavy (non-hydrogen) atoms. The van der Waals surface area contributed by atoms with Gasteiger partial charge in [-0.1, -0.05) is 12.7 Å². The maximum absolute atomic E-state index is 12.4. The monoisotopic (exact) mass is 305 g/mol. The topological polar surface area (TPSA) is 76.1 Å². The second-order valence-corrected chi connectivity index (χ2v) is 4.97. The highest BCUT2D eigenvalue weighted by molar-refractivity contribution is 5.94. The fraction of sp³-hybridized carbons (Fsp3) is 0.375. The minimum atomic E-state index is -0.928. The predicted molar refractivity (Wildman–Crippen MR) is 80.0 cm³/mol. The van der Waals surface area contributed by atoms with Crippen LogP contribution in [-0.2, 0) is 9.53 Å². The molecule has 1 atom stereocenters. The van der Waals surface area contributed by atoms with Gasteiger partial charge in [0, 0.05) is 18.7 Å². The number of aliphatic carboxylic acids is 1. The number of benzene rings is 1. The SMILES string of the molecule is C=CCOc1ccc(C(=O)N2CCOC(CC(=O)O)C2)cc1. The smallest absolute Gasteiger partial charge is 0.306 e. The Labute approximate surface area is 128 Å². The second kappa shape index (κ2) is 7.61. The summed E-state index contributed by atoms with van der Waals surface area (Å²) in [6, 6.07) is 6.85. The van der Waals surface area contributed by atoms with E-state index < -0.39 is 12.1 Å². The highest BCUT2D eigenvalue weighted by Crippen LogP contribution is 2.16. The van der Waals surface area contributed by atoms with Crippen LogP contribution in [-0.4, -0.2) is 54.3 Å². The van der Waals surface area contributed by atoms with Crippen LogP contribution < -0.4 is 4.74 Å². The van der Waals surface area contributed by atoms with E-state index in [9.17, 15) is 9.59 Å². The first-order chi connectivity index (χ1) is 10.6. The third-order valence-electron chi connectivity index (χ3n) is 3.30. The summed E-state index contributed by atoms with van der Waals surface area (Å²) in [5.41, 5.74) is 0.543. The van der Waals surface area contributed by atoms with E-state index in [1.165, 1.54) is 0 Å². The van der Waals surface area contributed by atoms with E-state index in [-0.39, 0.29) is 12.3 Å². The van der Waals surface area contributed by atoms with Gasteiger partial charge in [-0.15, -0.1) is 0 Å². The molecule has 0 spiro atoms. The molecule has 118 valence electrons. The highest BCUT2D eigenvalue weighted by Gasteiger charge is 2.26. The Bertz CT molecular complexity index is 540. The zero-order valence-electron chi connectivity index (χ0n) is 12.2. The molecule has 1 aliphatic heterocycles. The van der Waals surface area contributed by atoms with E-state index >= 15 is 0 Å². The second-order valence-electron chi connectivity index (χ2n) is 4.97. The molecule has 0 aliphatic carbocycles. The summed E-state index contributed by atoms with van der Waals surface area (Å²) in [6.45, 7) is 5.09. The normalized spacial score (nSPS) is 17.8. The largest absolute Gasteiger partial charge is 0.490 e. The molecule has 1 aromatic carbocycles. The van der Waals surface area contributed by atoms with Crippen LogP contribution in [0.25, 0.3) is 0 Å². The molecule has 1 aliphatic rings. The fourth-order valence-electron chi connectivity index (χ4n) is 2.25. The minimum Gasteiger partial charge on any atom is -0.490 e. The van der Waals surface area contributed by atoms with Crippen molar-refractivity contribution < 1.29 is 24.2 Å². The van der Waals surface area contributed by atoms with Crippen LogP contribution in [0.1, 0.15) is 16.8 Å². The van der Waals surface area contributed by atoms with Crippen molar-refractivity contribution in [2.45, 2.75) is 12.5 Å². The molecule has 1 N–H and O–H groups in total. The number of nitrogens with zero attached hydrogens (tertiary/aromatic N) is 1. The number of rotatable bonds is 6. The molecule has 6 heteroatoms. The van der Waals surface area contributed by atoms with Crippen molar-refractivity contribution in [3.8, 4) is 5.75 Å². The van der Waals surface area contributed by atoms with Crippen molar-refractivity contribution in [1.29, 1.82) is 0 Å². The van der Waals surface area contributed by atoms with E-state index in [2.05, 4.69) is 6.58 Å². The molecule has 0 saturated carbocycles. The molecule has 1 aromatic rings. The fourth-order valence-corrected chi connectivity index (χ4v) is 2.25. The van der Waals surface area contributed by atoms with E-state index in [1.54, 1.807) is 35.2 Å². The van der Waals surface area contributed by atoms with E-state index in [0.29, 0.717) is 37.6 Å². The van der Waals surface area contributed by atoms with Crippen LogP contribution in [0.15, 0.2) is 36.9 Å². The third kappa shape index (κ3) is 4.33. The first-order valence-corrected chi connectivity index (χ1v) is 7.06. The van der Waals surface area contributed by atoms with Crippen molar-refractivity contribution in [1.82, 2.24) is 4.90 Å². The predicted octanol–water partition coefficient (Wildman–Crippen LogP) is 1.57. The Balaban J connectivity index is 1.97. The van der Waals surface area contributed by atoms with Gasteiger partial charge < -0.3 is 19.5 Å². The summed E-state index contributed by atoms with van der Waals surface area (Å²) in [5, 5.41) is 8.80. The lowest BCUT2D eigenvalue weighted by molar-refractivity contribution is -0.141. The maximum atomic E-state index is 12.4. The first-order valence-electron chi connectivity index (χ1n) is 7.06. The van der Waals surface area contributed by atoms with Gasteiger partial charge in [0.2, 0.25) is 0 Å². The number of carbonyl (C=O) groups is 2. The van der Waals surface area contributed by atoms with Crippen LogP contribution in [0.3, 0.4) is 0 Å². The van der Waals surface area contributed by atoms with Gasteiger partial charge in [-0.3, -0.25) is 9.59 Å². The molecule has 1 heterocycles. The Kier molecular flexibility index (Phi) is 5.55. The molecular weight excluding hydrogens is 286 g/mol. The van der Waals surface area contributed by atoms with Crippen molar-refractivity contribution in [2.24, 2.45) is 0 Å². The van der Waals surface area contributed by atoms with Crippen LogP contribution in [0.2, 0.25) is 0 Å². The van der Waals surface area contributed by atoms with Crippen molar-refractivity contribution in [3.05, 3.63) is 42.5 Å². The van der Waals surface area contributed by atoms with Crippen molar-refractivity contribution in [2.75, 3.05) is 26.3 Å². The number of carboxylic acid groups (broad SMARTS) is 1. The van der Waals surface area contributed by atoms with Gasteiger partial charge in [0.15, 0.2) is 0 Å². The molecule has 2 rings (SSSR count). The molecule has 0 aromatic heterocycles. The number of ether oxygens (including phenoxy) is 2. The lowest BCUT2D eigenvalue weighted by atomic mass is 10.1. The lowest BCUT2D eigenvalue weighted by Gasteiger charge is -2.32. The van der Waals surface area contributed by atoms with Crippen LogP contribution in [0.5, 0.6) is 5.75 Å². The van der Waals surface area contributed by atoms with Gasteiger partial charge >= 0.3 is 5.97 Å². The van der Waals surface area contributed by atoms with Gasteiger partial charge in [0.05, 0.1) is 19.1 Å². The molecule has 0 bridgehead atoms. The molecule has 1 unspecified atom stereocenters. The number of carbonyl (C=O) groups excluding carboxylic acids is 1. The molecule has 0 radical (unpaired) electrons. The minimum absolute atomic E-state index is 0.0991. The summed E-state index contributed by atoms with van der Waals surface area (Å²) >= 11 is 0. The van der Waals surface area contributed by atoms with Crippen LogP contribution >= 0.6 is 0 Å². The van der Waals surface area contributed by atoms with Gasteiger partial charge in [-0.25, -0.2) is 0 Å². The summed E-state index contributed by atoms with van der Waals surface area (Å²) < 4.78 is 10.7. The number of amides is 1. The average molecular weight is 305 g/mol. The molecule has 1 amide bonds. The Morgan fingerprint density at radius 2 is 2.14 bits per heavy atom. The lowest BCUT2D eigenvalue weighted by Crippen LogP contribution is -2.46.